The van der Waals surface area contributed by atoms with E-state index >= 15 is 0 Å². The molecule has 8 heteroatoms. The lowest BCUT2D eigenvalue weighted by atomic mass is 10.3. The highest BCUT2D eigenvalue weighted by atomic mass is 32.2. The van der Waals surface area contributed by atoms with Crippen LogP contribution < -0.4 is 5.32 Å². The number of hydrogen-bond acceptors (Lipinski definition) is 7. The van der Waals surface area contributed by atoms with Crippen LogP contribution in [0.3, 0.4) is 0 Å². The predicted molar refractivity (Wildman–Crippen MR) is 92.4 cm³/mol. The number of anilines is 2. The van der Waals surface area contributed by atoms with E-state index in [4.69, 9.17) is 0 Å². The van der Waals surface area contributed by atoms with E-state index in [1.807, 2.05) is 36.7 Å². The van der Waals surface area contributed by atoms with Gasteiger partial charge < -0.3 is 5.32 Å². The van der Waals surface area contributed by atoms with Crippen LogP contribution >= 0.6 is 23.1 Å². The molecule has 0 aliphatic carbocycles. The van der Waals surface area contributed by atoms with Crippen LogP contribution in [0, 0.1) is 6.92 Å². The van der Waals surface area contributed by atoms with Gasteiger partial charge in [-0.05, 0) is 31.2 Å². The fourth-order valence-electron chi connectivity index (χ4n) is 2.11. The van der Waals surface area contributed by atoms with Gasteiger partial charge in [0.05, 0.1) is 27.6 Å². The van der Waals surface area contributed by atoms with E-state index in [9.17, 15) is 0 Å². The van der Waals surface area contributed by atoms with Gasteiger partial charge in [-0.1, -0.05) is 11.8 Å². The van der Waals surface area contributed by atoms with Gasteiger partial charge in [0.15, 0.2) is 5.82 Å². The summed E-state index contributed by atoms with van der Waals surface area (Å²) in [4.78, 5) is 5.41. The molecule has 4 aromatic rings. The molecule has 0 unspecified atom stereocenters. The van der Waals surface area contributed by atoms with Crippen molar-refractivity contribution < 1.29 is 0 Å². The molecule has 0 bridgehead atoms. The summed E-state index contributed by atoms with van der Waals surface area (Å²) in [7, 11) is 0. The molecule has 0 fully saturated rings. The Hall–Kier alpha value is -2.45. The first-order valence-corrected chi connectivity index (χ1v) is 8.59. The molecule has 0 radical (unpaired) electrons. The summed E-state index contributed by atoms with van der Waals surface area (Å²) in [5.41, 5.74) is 4.74. The standard InChI is InChI=1S/C15H12N6S2/c1-9-4-14(20-19-9)18-10-5-15(21-17-7-10)23-11-2-3-12-13(6-11)22-8-16-12/h2-8H,1H3,(H2,18,19,20,21). The lowest BCUT2D eigenvalue weighted by Crippen LogP contribution is -1.94. The van der Waals surface area contributed by atoms with Gasteiger partial charge in [-0.2, -0.15) is 10.2 Å². The van der Waals surface area contributed by atoms with Crippen LogP contribution in [0.2, 0.25) is 0 Å². The van der Waals surface area contributed by atoms with Crippen LogP contribution in [-0.2, 0) is 0 Å². The van der Waals surface area contributed by atoms with Crippen LogP contribution in [-0.4, -0.2) is 25.4 Å². The van der Waals surface area contributed by atoms with Crippen molar-refractivity contribution in [1.29, 1.82) is 0 Å². The average molecular weight is 340 g/mol. The third-order valence-corrected chi connectivity index (χ3v) is 4.83. The van der Waals surface area contributed by atoms with Crippen molar-refractivity contribution in [3.05, 3.63) is 47.7 Å². The van der Waals surface area contributed by atoms with Crippen molar-refractivity contribution in [3.8, 4) is 0 Å². The second-order valence-electron chi connectivity index (χ2n) is 4.93. The molecule has 0 saturated heterocycles. The molecule has 6 nitrogen and oxygen atoms in total. The third kappa shape index (κ3) is 3.17. The van der Waals surface area contributed by atoms with Gasteiger partial charge in [-0.3, -0.25) is 5.10 Å². The normalized spacial score (nSPS) is 11.0. The van der Waals surface area contributed by atoms with Crippen molar-refractivity contribution in [2.75, 3.05) is 5.32 Å². The topological polar surface area (TPSA) is 79.4 Å². The number of aryl methyl sites for hydroxylation is 1. The molecule has 0 spiro atoms. The lowest BCUT2D eigenvalue weighted by Gasteiger charge is -2.04. The molecule has 1 aromatic carbocycles. The number of hydrogen-bond donors (Lipinski definition) is 2. The Balaban J connectivity index is 1.55. The molecule has 3 aromatic heterocycles. The van der Waals surface area contributed by atoms with E-state index in [1.165, 1.54) is 4.70 Å². The molecule has 4 rings (SSSR count). The van der Waals surface area contributed by atoms with Gasteiger partial charge in [0.1, 0.15) is 5.03 Å². The summed E-state index contributed by atoms with van der Waals surface area (Å²) in [6, 6.07) is 10.1. The lowest BCUT2D eigenvalue weighted by molar-refractivity contribution is 0.930. The zero-order valence-corrected chi connectivity index (χ0v) is 13.8. The van der Waals surface area contributed by atoms with Gasteiger partial charge in [0, 0.05) is 16.7 Å². The van der Waals surface area contributed by atoms with Crippen molar-refractivity contribution in [1.82, 2.24) is 25.4 Å². The molecule has 3 heterocycles. The van der Waals surface area contributed by atoms with Gasteiger partial charge in [-0.25, -0.2) is 4.98 Å². The van der Waals surface area contributed by atoms with E-state index in [0.717, 1.165) is 32.6 Å². The Labute approximate surface area is 140 Å². The quantitative estimate of drug-likeness (QED) is 0.584. The summed E-state index contributed by atoms with van der Waals surface area (Å²) in [5.74, 6) is 0.762. The van der Waals surface area contributed by atoms with Gasteiger partial charge in [-0.15, -0.1) is 16.4 Å². The first kappa shape index (κ1) is 14.2. The molecule has 23 heavy (non-hydrogen) atoms. The van der Waals surface area contributed by atoms with Crippen LogP contribution in [0.1, 0.15) is 5.69 Å². The minimum Gasteiger partial charge on any atom is -0.337 e. The molecule has 0 aliphatic heterocycles. The van der Waals surface area contributed by atoms with Crippen molar-refractivity contribution in [2.45, 2.75) is 16.8 Å². The van der Waals surface area contributed by atoms with E-state index in [-0.39, 0.29) is 0 Å². The first-order chi connectivity index (χ1) is 11.3. The summed E-state index contributed by atoms with van der Waals surface area (Å²) in [5, 5.41) is 19.3. The van der Waals surface area contributed by atoms with Gasteiger partial charge in [0.2, 0.25) is 0 Å². The van der Waals surface area contributed by atoms with Crippen LogP contribution in [0.25, 0.3) is 10.2 Å². The van der Waals surface area contributed by atoms with Crippen molar-refractivity contribution >= 4 is 44.8 Å². The van der Waals surface area contributed by atoms with E-state index in [0.29, 0.717) is 0 Å². The number of H-pyrrole nitrogens is 1. The minimum atomic E-state index is 0.762. The zero-order valence-electron chi connectivity index (χ0n) is 12.1. The fourth-order valence-corrected chi connectivity index (χ4v) is 3.73. The van der Waals surface area contributed by atoms with Crippen LogP contribution in [0.15, 0.2) is 52.0 Å². The summed E-state index contributed by atoms with van der Waals surface area (Å²) in [6.45, 7) is 1.96. The molecule has 2 N–H and O–H groups in total. The average Bonchev–Trinajstić information content (AvgIpc) is 3.16. The Bertz CT molecular complexity index is 961. The number of benzene rings is 1. The molecule has 0 amide bonds. The number of thiazole rings is 1. The zero-order chi connectivity index (χ0) is 15.6. The van der Waals surface area contributed by atoms with Crippen LogP contribution in [0.4, 0.5) is 11.5 Å². The molecule has 0 aliphatic rings. The molecule has 0 saturated carbocycles. The largest absolute Gasteiger partial charge is 0.337 e. The maximum Gasteiger partial charge on any atom is 0.152 e. The van der Waals surface area contributed by atoms with Crippen molar-refractivity contribution in [3.63, 3.8) is 0 Å². The number of aromatic amines is 1. The molecule has 114 valence electrons. The second-order valence-corrected chi connectivity index (χ2v) is 6.91. The Morgan fingerprint density at radius 3 is 3.04 bits per heavy atom. The maximum atomic E-state index is 4.29. The predicted octanol–water partition coefficient (Wildman–Crippen LogP) is 4.01. The smallest absolute Gasteiger partial charge is 0.152 e. The number of nitrogens with zero attached hydrogens (tertiary/aromatic N) is 4. The Morgan fingerprint density at radius 1 is 1.22 bits per heavy atom. The highest BCUT2D eigenvalue weighted by molar-refractivity contribution is 7.99. The maximum absolute atomic E-state index is 4.29. The monoisotopic (exact) mass is 340 g/mol. The second kappa shape index (κ2) is 5.98. The number of nitrogens with one attached hydrogen (secondary N) is 2. The highest BCUT2D eigenvalue weighted by Crippen LogP contribution is 2.31. The Morgan fingerprint density at radius 2 is 2.17 bits per heavy atom. The Kier molecular flexibility index (Phi) is 3.68. The molecular weight excluding hydrogens is 328 g/mol. The minimum absolute atomic E-state index is 0.762. The summed E-state index contributed by atoms with van der Waals surface area (Å²) >= 11 is 3.21. The first-order valence-electron chi connectivity index (χ1n) is 6.89. The molecule has 0 atom stereocenters. The van der Waals surface area contributed by atoms with E-state index in [2.05, 4.69) is 36.8 Å². The number of aromatic nitrogens is 5. The van der Waals surface area contributed by atoms with E-state index < -0.39 is 0 Å². The highest BCUT2D eigenvalue weighted by Gasteiger charge is 2.05. The SMILES string of the molecule is Cc1cc(Nc2cnnc(Sc3ccc4ncsc4c3)c2)n[nH]1. The third-order valence-electron chi connectivity index (χ3n) is 3.14. The number of fused-ring (bicyclic) bond motifs is 1. The molecular formula is C15H12N6S2. The van der Waals surface area contributed by atoms with Gasteiger partial charge >= 0.3 is 0 Å². The summed E-state index contributed by atoms with van der Waals surface area (Å²) in [6.07, 6.45) is 1.68. The summed E-state index contributed by atoms with van der Waals surface area (Å²) < 4.78 is 1.17. The fraction of sp³-hybridized carbons (Fsp3) is 0.0667. The van der Waals surface area contributed by atoms with Crippen molar-refractivity contribution in [2.24, 2.45) is 0 Å². The van der Waals surface area contributed by atoms with E-state index in [1.54, 1.807) is 29.3 Å². The number of rotatable bonds is 4. The van der Waals surface area contributed by atoms with Crippen LogP contribution in [0.5, 0.6) is 0 Å². The van der Waals surface area contributed by atoms with Gasteiger partial charge in [0.25, 0.3) is 0 Å².